The maximum Gasteiger partial charge on any atom is 0.471 e. The summed E-state index contributed by atoms with van der Waals surface area (Å²) in [5.74, 6) is -0.583. The number of aromatic nitrogens is 3. The Balaban J connectivity index is 1.62. The number of alkyl halides is 3. The first kappa shape index (κ1) is 20.1. The Hall–Kier alpha value is -2.65. The van der Waals surface area contributed by atoms with Crippen molar-refractivity contribution in [2.75, 3.05) is 31.1 Å². The maximum absolute atomic E-state index is 12.6. The zero-order valence-corrected chi connectivity index (χ0v) is 15.7. The van der Waals surface area contributed by atoms with Gasteiger partial charge in [-0.3, -0.25) is 4.79 Å². The van der Waals surface area contributed by atoms with Gasteiger partial charge in [-0.1, -0.05) is 19.0 Å². The molecule has 0 spiro atoms. The van der Waals surface area contributed by atoms with Crippen LogP contribution in [0.4, 0.5) is 19.0 Å². The summed E-state index contributed by atoms with van der Waals surface area (Å²) < 4.78 is 41.9. The van der Waals surface area contributed by atoms with Gasteiger partial charge in [-0.15, -0.1) is 0 Å². The van der Waals surface area contributed by atoms with Crippen LogP contribution in [0, 0.1) is 5.92 Å². The molecule has 0 unspecified atom stereocenters. The Kier molecular flexibility index (Phi) is 5.85. The van der Waals surface area contributed by atoms with Gasteiger partial charge in [0.15, 0.2) is 0 Å². The standard InChI is InChI=1S/C18H22F3N5O2/c1-3-12(4-2)16(27)26-9-7-25(8-10-26)14-6-5-13(11-22-14)15-23-17(28-24-15)18(19,20)21/h5-6,11-12H,3-4,7-10H2,1-2H3. The summed E-state index contributed by atoms with van der Waals surface area (Å²) in [6.45, 7) is 6.60. The molecule has 0 aromatic carbocycles. The SMILES string of the molecule is CCC(CC)C(=O)N1CCN(c2ccc(-c3noc(C(F)(F)F)n3)cn2)CC1. The van der Waals surface area contributed by atoms with Crippen molar-refractivity contribution in [1.29, 1.82) is 0 Å². The monoisotopic (exact) mass is 397 g/mol. The first-order valence-corrected chi connectivity index (χ1v) is 9.24. The van der Waals surface area contributed by atoms with Crippen LogP contribution in [0.2, 0.25) is 0 Å². The third-order valence-corrected chi connectivity index (χ3v) is 4.92. The molecule has 1 aliphatic heterocycles. The van der Waals surface area contributed by atoms with Gasteiger partial charge in [0.2, 0.25) is 11.7 Å². The third kappa shape index (κ3) is 4.26. The van der Waals surface area contributed by atoms with Gasteiger partial charge in [-0.05, 0) is 25.0 Å². The molecule has 152 valence electrons. The number of rotatable bonds is 5. The van der Waals surface area contributed by atoms with Crippen molar-refractivity contribution in [2.45, 2.75) is 32.9 Å². The fourth-order valence-corrected chi connectivity index (χ4v) is 3.21. The van der Waals surface area contributed by atoms with Gasteiger partial charge in [-0.25, -0.2) is 4.98 Å². The number of amides is 1. The molecule has 0 radical (unpaired) electrons. The second-order valence-electron chi connectivity index (χ2n) is 6.65. The molecule has 2 aromatic heterocycles. The minimum atomic E-state index is -4.68. The molecule has 0 bridgehead atoms. The van der Waals surface area contributed by atoms with E-state index in [1.165, 1.54) is 6.20 Å². The molecule has 0 N–H and O–H groups in total. The lowest BCUT2D eigenvalue weighted by Crippen LogP contribution is -2.50. The van der Waals surface area contributed by atoms with Gasteiger partial charge in [0.05, 0.1) is 0 Å². The van der Waals surface area contributed by atoms with Crippen LogP contribution in [0.15, 0.2) is 22.9 Å². The number of halogens is 3. The third-order valence-electron chi connectivity index (χ3n) is 4.92. The van der Waals surface area contributed by atoms with Gasteiger partial charge in [0, 0.05) is 43.9 Å². The number of carbonyl (C=O) groups excluding carboxylic acids is 1. The van der Waals surface area contributed by atoms with E-state index in [9.17, 15) is 18.0 Å². The van der Waals surface area contributed by atoms with E-state index in [2.05, 4.69) is 19.6 Å². The Morgan fingerprint density at radius 2 is 1.86 bits per heavy atom. The predicted octanol–water partition coefficient (Wildman–Crippen LogP) is 3.24. The van der Waals surface area contributed by atoms with Crippen LogP contribution >= 0.6 is 0 Å². The lowest BCUT2D eigenvalue weighted by molar-refractivity contribution is -0.159. The fourth-order valence-electron chi connectivity index (χ4n) is 3.21. The summed E-state index contributed by atoms with van der Waals surface area (Å²) in [7, 11) is 0. The van der Waals surface area contributed by atoms with Crippen LogP contribution in [0.3, 0.4) is 0 Å². The predicted molar refractivity (Wildman–Crippen MR) is 95.4 cm³/mol. The lowest BCUT2D eigenvalue weighted by Gasteiger charge is -2.36. The second kappa shape index (κ2) is 8.15. The van der Waals surface area contributed by atoms with Gasteiger partial charge in [0.1, 0.15) is 5.82 Å². The van der Waals surface area contributed by atoms with Crippen molar-refractivity contribution in [1.82, 2.24) is 20.0 Å². The molecule has 0 aliphatic carbocycles. The van der Waals surface area contributed by atoms with Crippen molar-refractivity contribution < 1.29 is 22.5 Å². The number of carbonyl (C=O) groups is 1. The highest BCUT2D eigenvalue weighted by atomic mass is 19.4. The number of anilines is 1. The molecule has 1 aliphatic rings. The Bertz CT molecular complexity index is 794. The van der Waals surface area contributed by atoms with Gasteiger partial charge < -0.3 is 14.3 Å². The molecule has 2 aromatic rings. The topological polar surface area (TPSA) is 75.4 Å². The van der Waals surface area contributed by atoms with E-state index in [1.54, 1.807) is 12.1 Å². The van der Waals surface area contributed by atoms with Crippen molar-refractivity contribution >= 4 is 11.7 Å². The first-order valence-electron chi connectivity index (χ1n) is 9.24. The van der Waals surface area contributed by atoms with E-state index >= 15 is 0 Å². The molecule has 10 heteroatoms. The molecular weight excluding hydrogens is 375 g/mol. The quantitative estimate of drug-likeness (QED) is 0.771. The average Bonchev–Trinajstić information content (AvgIpc) is 3.20. The number of hydrogen-bond acceptors (Lipinski definition) is 6. The smallest absolute Gasteiger partial charge is 0.353 e. The Labute approximate surface area is 160 Å². The zero-order valence-electron chi connectivity index (χ0n) is 15.7. The summed E-state index contributed by atoms with van der Waals surface area (Å²) >= 11 is 0. The van der Waals surface area contributed by atoms with Gasteiger partial charge >= 0.3 is 12.1 Å². The highest BCUT2D eigenvalue weighted by molar-refractivity contribution is 5.79. The molecule has 0 atom stereocenters. The van der Waals surface area contributed by atoms with Gasteiger partial charge in [0.25, 0.3) is 0 Å². The van der Waals surface area contributed by atoms with Crippen molar-refractivity contribution in [2.24, 2.45) is 5.92 Å². The molecule has 7 nitrogen and oxygen atoms in total. The highest BCUT2D eigenvalue weighted by Gasteiger charge is 2.38. The van der Waals surface area contributed by atoms with Crippen molar-refractivity contribution in [3.05, 3.63) is 24.2 Å². The Morgan fingerprint density at radius 3 is 2.36 bits per heavy atom. The molecule has 1 fully saturated rings. The van der Waals surface area contributed by atoms with Crippen LogP contribution in [0.25, 0.3) is 11.4 Å². The summed E-state index contributed by atoms with van der Waals surface area (Å²) in [5, 5.41) is 3.35. The molecule has 0 saturated carbocycles. The summed E-state index contributed by atoms with van der Waals surface area (Å²) in [6, 6.07) is 3.31. The number of hydrogen-bond donors (Lipinski definition) is 0. The molecule has 28 heavy (non-hydrogen) atoms. The molecule has 1 amide bonds. The van der Waals surface area contributed by atoms with E-state index in [4.69, 9.17) is 0 Å². The maximum atomic E-state index is 12.6. The van der Waals surface area contributed by atoms with Crippen LogP contribution in [-0.2, 0) is 11.0 Å². The molecule has 1 saturated heterocycles. The van der Waals surface area contributed by atoms with Crippen LogP contribution in [0.1, 0.15) is 32.6 Å². The normalized spacial score (nSPS) is 15.4. The fraction of sp³-hybridized carbons (Fsp3) is 0.556. The van der Waals surface area contributed by atoms with E-state index in [0.717, 1.165) is 12.8 Å². The molecule has 3 heterocycles. The second-order valence-corrected chi connectivity index (χ2v) is 6.65. The summed E-state index contributed by atoms with van der Waals surface area (Å²) in [5.41, 5.74) is 0.338. The van der Waals surface area contributed by atoms with Crippen molar-refractivity contribution in [3.63, 3.8) is 0 Å². The largest absolute Gasteiger partial charge is 0.471 e. The lowest BCUT2D eigenvalue weighted by atomic mass is 10.0. The number of nitrogens with zero attached hydrogens (tertiary/aromatic N) is 5. The zero-order chi connectivity index (χ0) is 20.3. The minimum absolute atomic E-state index is 0.0699. The number of pyridine rings is 1. The van der Waals surface area contributed by atoms with Crippen LogP contribution in [0.5, 0.6) is 0 Å². The van der Waals surface area contributed by atoms with Crippen LogP contribution in [-0.4, -0.2) is 52.1 Å². The van der Waals surface area contributed by atoms with E-state index in [0.29, 0.717) is 37.6 Å². The Morgan fingerprint density at radius 1 is 1.18 bits per heavy atom. The van der Waals surface area contributed by atoms with Gasteiger partial charge in [-0.2, -0.15) is 18.2 Å². The van der Waals surface area contributed by atoms with E-state index in [1.807, 2.05) is 23.6 Å². The van der Waals surface area contributed by atoms with E-state index in [-0.39, 0.29) is 17.6 Å². The summed E-state index contributed by atoms with van der Waals surface area (Å²) in [4.78, 5) is 24.1. The molecule has 3 rings (SSSR count). The van der Waals surface area contributed by atoms with Crippen molar-refractivity contribution in [3.8, 4) is 11.4 Å². The highest BCUT2D eigenvalue weighted by Crippen LogP contribution is 2.29. The van der Waals surface area contributed by atoms with E-state index < -0.39 is 12.1 Å². The minimum Gasteiger partial charge on any atom is -0.353 e. The first-order chi connectivity index (χ1) is 13.3. The summed E-state index contributed by atoms with van der Waals surface area (Å²) in [6.07, 6.45) is -1.58. The average molecular weight is 397 g/mol. The molecular formula is C18H22F3N5O2. The van der Waals surface area contributed by atoms with Crippen LogP contribution < -0.4 is 4.90 Å². The number of piperazine rings is 1.